The molecule has 82 heavy (non-hydrogen) atoms. The van der Waals surface area contributed by atoms with E-state index in [-0.39, 0.29) is 93.3 Å². The zero-order valence-corrected chi connectivity index (χ0v) is 51.9. The fraction of sp³-hybridized carbons (Fsp3) is 0.459. The molecule has 4 aromatic carbocycles. The number of aromatic hydroxyl groups is 8. The third-order valence-electron chi connectivity index (χ3n) is 17.5. The second-order valence-corrected chi connectivity index (χ2v) is 24.7. The Hall–Kier alpha value is -6.80. The lowest BCUT2D eigenvalue weighted by Crippen LogP contribution is -2.17. The fourth-order valence-corrected chi connectivity index (χ4v) is 13.0. The molecule has 0 saturated carbocycles. The molecule has 0 aromatic heterocycles. The molecule has 8 atom stereocenters. The largest absolute Gasteiger partial charge is 0.507 e. The van der Waals surface area contributed by atoms with Crippen LogP contribution in [0.15, 0.2) is 144 Å². The van der Waals surface area contributed by atoms with Crippen LogP contribution in [0.3, 0.4) is 0 Å². The Morgan fingerprint density at radius 2 is 0.610 bits per heavy atom. The number of benzene rings is 4. The minimum Gasteiger partial charge on any atom is -0.507 e. The highest BCUT2D eigenvalue weighted by Gasteiger charge is 2.34. The fourth-order valence-electron chi connectivity index (χ4n) is 13.0. The van der Waals surface area contributed by atoms with Gasteiger partial charge in [-0.15, -0.1) is 0 Å². The van der Waals surface area contributed by atoms with E-state index >= 15 is 0 Å². The summed E-state index contributed by atoms with van der Waals surface area (Å²) in [5, 5.41) is 82.8. The van der Waals surface area contributed by atoms with E-state index in [1.165, 1.54) is 22.3 Å². The quantitative estimate of drug-likeness (QED) is 0.0579. The second-order valence-electron chi connectivity index (χ2n) is 24.7. The van der Waals surface area contributed by atoms with E-state index < -0.39 is 0 Å². The molecule has 8 rings (SSSR count). The Morgan fingerprint density at radius 1 is 0.366 bits per heavy atom. The third-order valence-corrected chi connectivity index (χ3v) is 17.5. The smallest absolute Gasteiger partial charge is 0.123 e. The number of rotatable bonds is 14. The van der Waals surface area contributed by atoms with Gasteiger partial charge in [-0.3, -0.25) is 0 Å². The Morgan fingerprint density at radius 3 is 0.841 bits per heavy atom. The average Bonchev–Trinajstić information content (AvgIpc) is 2.84. The van der Waals surface area contributed by atoms with E-state index in [2.05, 4.69) is 92.2 Å². The van der Waals surface area contributed by atoms with Crippen LogP contribution in [-0.4, -0.2) is 40.9 Å². The third kappa shape index (κ3) is 16.9. The van der Waals surface area contributed by atoms with Gasteiger partial charge >= 0.3 is 0 Å². The van der Waals surface area contributed by atoms with Gasteiger partial charge in [0.15, 0.2) is 0 Å². The van der Waals surface area contributed by atoms with E-state index in [1.54, 1.807) is 36.4 Å². The van der Waals surface area contributed by atoms with E-state index in [0.717, 1.165) is 134 Å². The van der Waals surface area contributed by atoms with E-state index in [1.807, 2.05) is 53.7 Å². The van der Waals surface area contributed by atoms with Gasteiger partial charge in [0.05, 0.1) is 0 Å². The van der Waals surface area contributed by atoms with E-state index in [0.29, 0.717) is 22.3 Å². The molecule has 0 aliphatic heterocycles. The normalized spacial score (nSPS) is 22.2. The molecule has 8 N–H and O–H groups in total. The summed E-state index contributed by atoms with van der Waals surface area (Å²) in [6.07, 6.45) is 22.7. The van der Waals surface area contributed by atoms with Crippen LogP contribution in [0.25, 0.3) is 0 Å². The molecule has 8 nitrogen and oxygen atoms in total. The molecule has 0 saturated heterocycles. The SMILES string of the molecule is C=C(C)[C@@H]1CCC(C)=C[C@H]1c1c(O)cc(C)cc1O.C=C(C)[C@@H]1CCC(C)=C[C@H]1c1c(O)cc(CC)cc1O.C=C(C)[C@@H]1CCC(C)=C[C@H]1c1c(O)cc(CCC)cc1O.C=C(C)[C@@H]1CCC(C)=C[C@H]1c1c(O)cc(CCCC)cc1O. The lowest BCUT2D eigenvalue weighted by molar-refractivity contribution is 0.405. The number of phenolic OH excluding ortho intramolecular Hbond substituents is 8. The van der Waals surface area contributed by atoms with E-state index in [4.69, 9.17) is 0 Å². The van der Waals surface area contributed by atoms with Crippen LogP contribution in [0.4, 0.5) is 0 Å². The molecule has 4 aliphatic rings. The highest BCUT2D eigenvalue weighted by atomic mass is 16.3. The summed E-state index contributed by atoms with van der Waals surface area (Å²) in [7, 11) is 0. The van der Waals surface area contributed by atoms with Gasteiger partial charge in [-0.25, -0.2) is 0 Å². The summed E-state index contributed by atoms with van der Waals surface area (Å²) in [6.45, 7) is 41.0. The molecule has 444 valence electrons. The molecule has 4 aliphatic carbocycles. The van der Waals surface area contributed by atoms with Crippen molar-refractivity contribution in [2.45, 2.75) is 197 Å². The van der Waals surface area contributed by atoms with Crippen LogP contribution in [0.2, 0.25) is 0 Å². The number of hydrogen-bond donors (Lipinski definition) is 8. The maximum Gasteiger partial charge on any atom is 0.123 e. The standard InChI is InChI=1S/C20H28O2.C19H26O2.C18H24O2.C17H22O2/c1-5-6-7-15-11-18(21)20(19(22)12-15)17-10-14(4)8-9-16(17)13(2)3;1-5-6-14-10-17(20)19(18(21)11-14)16-9-13(4)7-8-15(16)12(2)3;1-5-13-9-16(19)18(17(20)10-13)15-8-12(4)6-7-14(15)11(2)3;1-10(2)13-6-5-11(3)7-14(13)17-15(18)8-12(4)9-16(17)19/h10-12,16-17,21-22H,2,5-9H2,1,3-4H3;9-11,15-16,20-21H,2,5-8H2,1,3-4H3;8-10,14-15,19-20H,2,5-7H2,1,3-4H3;7-9,13-14,18-19H,1,5-6H2,2-4H3/t16-,17+;15-,16+;14-,15+;13-,14+/m0000/s1. The van der Waals surface area contributed by atoms with Crippen LogP contribution in [0.5, 0.6) is 46.0 Å². The number of unbranched alkanes of at least 4 members (excludes halogenated alkanes) is 1. The molecule has 0 radical (unpaired) electrons. The van der Waals surface area contributed by atoms with Gasteiger partial charge < -0.3 is 40.9 Å². The van der Waals surface area contributed by atoms with Crippen molar-refractivity contribution in [3.63, 3.8) is 0 Å². The van der Waals surface area contributed by atoms with Crippen molar-refractivity contribution >= 4 is 0 Å². The zero-order valence-electron chi connectivity index (χ0n) is 51.9. The topological polar surface area (TPSA) is 162 Å². The molecule has 0 fully saturated rings. The van der Waals surface area contributed by atoms with Crippen LogP contribution in [-0.2, 0) is 19.3 Å². The number of phenols is 8. The van der Waals surface area contributed by atoms with Crippen molar-refractivity contribution in [1.82, 2.24) is 0 Å². The zero-order chi connectivity index (χ0) is 60.9. The van der Waals surface area contributed by atoms with Crippen molar-refractivity contribution < 1.29 is 40.9 Å². The average molecular weight is 1120 g/mol. The highest BCUT2D eigenvalue weighted by Crippen LogP contribution is 2.51. The van der Waals surface area contributed by atoms with Crippen LogP contribution in [0, 0.1) is 30.6 Å². The number of aryl methyl sites for hydroxylation is 4. The first-order chi connectivity index (χ1) is 38.7. The lowest BCUT2D eigenvalue weighted by atomic mass is 9.73. The number of allylic oxidation sites excluding steroid dienone is 12. The predicted molar refractivity (Wildman–Crippen MR) is 342 cm³/mol. The van der Waals surface area contributed by atoms with Gasteiger partial charge in [-0.2, -0.15) is 0 Å². The minimum atomic E-state index is 0.0199. The molecule has 0 amide bonds. The van der Waals surface area contributed by atoms with Crippen molar-refractivity contribution in [2.75, 3.05) is 0 Å². The first-order valence-electron chi connectivity index (χ1n) is 30.2. The minimum absolute atomic E-state index is 0.0199. The molecule has 0 bridgehead atoms. The second kappa shape index (κ2) is 30.0. The van der Waals surface area contributed by atoms with Crippen molar-refractivity contribution in [2.24, 2.45) is 23.7 Å². The first-order valence-corrected chi connectivity index (χ1v) is 30.2. The molecular formula is C74H100O8. The summed E-state index contributed by atoms with van der Waals surface area (Å²) in [6, 6.07) is 14.2. The summed E-state index contributed by atoms with van der Waals surface area (Å²) >= 11 is 0. The molecule has 0 spiro atoms. The Bertz CT molecular complexity index is 2970. The van der Waals surface area contributed by atoms with Crippen molar-refractivity contribution in [3.05, 3.63) is 188 Å². The van der Waals surface area contributed by atoms with Gasteiger partial charge in [0.2, 0.25) is 0 Å². The van der Waals surface area contributed by atoms with Crippen molar-refractivity contribution in [3.8, 4) is 46.0 Å². The summed E-state index contributed by atoms with van der Waals surface area (Å²) in [4.78, 5) is 0. The van der Waals surface area contributed by atoms with Crippen LogP contribution in [0.1, 0.15) is 215 Å². The molecular weight excluding hydrogens is 1020 g/mol. The monoisotopic (exact) mass is 1120 g/mol. The van der Waals surface area contributed by atoms with Gasteiger partial charge in [0, 0.05) is 45.9 Å². The molecule has 0 unspecified atom stereocenters. The number of hydrogen-bond acceptors (Lipinski definition) is 8. The molecule has 8 heteroatoms. The Kier molecular flexibility index (Phi) is 24.1. The van der Waals surface area contributed by atoms with Crippen molar-refractivity contribution in [1.29, 1.82) is 0 Å². The first kappa shape index (κ1) is 66.0. The molecule has 4 aromatic rings. The Labute approximate surface area is 493 Å². The van der Waals surface area contributed by atoms with Crippen LogP contribution < -0.4 is 0 Å². The van der Waals surface area contributed by atoms with Crippen LogP contribution >= 0.6 is 0 Å². The molecule has 0 heterocycles. The van der Waals surface area contributed by atoms with Gasteiger partial charge in [0.1, 0.15) is 46.0 Å². The van der Waals surface area contributed by atoms with Gasteiger partial charge in [0.25, 0.3) is 0 Å². The van der Waals surface area contributed by atoms with Gasteiger partial charge in [-0.05, 0) is 234 Å². The van der Waals surface area contributed by atoms with E-state index in [9.17, 15) is 40.9 Å². The van der Waals surface area contributed by atoms with Gasteiger partial charge in [-0.1, -0.05) is 129 Å². The maximum absolute atomic E-state index is 10.5. The summed E-state index contributed by atoms with van der Waals surface area (Å²) in [5.41, 5.74) is 16.1. The lowest BCUT2D eigenvalue weighted by Gasteiger charge is -2.31. The summed E-state index contributed by atoms with van der Waals surface area (Å²) < 4.78 is 0. The predicted octanol–water partition coefficient (Wildman–Crippen LogP) is 19.6. The summed E-state index contributed by atoms with van der Waals surface area (Å²) in [5.74, 6) is 2.81. The maximum atomic E-state index is 10.5. The highest BCUT2D eigenvalue weighted by molar-refractivity contribution is 5.55. The Balaban J connectivity index is 0.000000201.